The van der Waals surface area contributed by atoms with Crippen molar-refractivity contribution in [2.75, 3.05) is 18.9 Å². The van der Waals surface area contributed by atoms with Crippen LogP contribution in [-0.2, 0) is 4.79 Å². The minimum atomic E-state index is -0.330. The number of allylic oxidation sites excluding steroid dienone is 3. The Hall–Kier alpha value is -2.67. The van der Waals surface area contributed by atoms with E-state index in [0.29, 0.717) is 11.6 Å². The molecule has 6 nitrogen and oxygen atoms in total. The number of carbonyl (C=O) groups excluding carboxylic acids is 2. The minimum absolute atomic E-state index is 0.148. The topological polar surface area (TPSA) is 75.4 Å². The summed E-state index contributed by atoms with van der Waals surface area (Å²) in [7, 11) is 1.82. The van der Waals surface area contributed by atoms with Gasteiger partial charge in [0.05, 0.1) is 12.0 Å². The van der Waals surface area contributed by atoms with Gasteiger partial charge in [-0.2, -0.15) is 0 Å². The number of anilines is 1. The van der Waals surface area contributed by atoms with Gasteiger partial charge >= 0.3 is 0 Å². The van der Waals surface area contributed by atoms with Crippen molar-refractivity contribution in [1.29, 1.82) is 0 Å². The molecule has 2 aromatic heterocycles. The number of nitrogens with one attached hydrogen (secondary N) is 1. The molecule has 2 rings (SSSR count). The lowest BCUT2D eigenvalue weighted by molar-refractivity contribution is -0.129. The molecule has 0 aliphatic carbocycles. The van der Waals surface area contributed by atoms with E-state index in [-0.39, 0.29) is 17.6 Å². The lowest BCUT2D eigenvalue weighted by Gasteiger charge is -2.15. The summed E-state index contributed by atoms with van der Waals surface area (Å²) in [6.45, 7) is 6.41. The lowest BCUT2D eigenvalue weighted by atomic mass is 10.1. The van der Waals surface area contributed by atoms with E-state index in [2.05, 4.69) is 16.9 Å². The molecular formula is C19H23N3O3S. The maximum Gasteiger partial charge on any atom is 0.293 e. The zero-order valence-corrected chi connectivity index (χ0v) is 15.8. The first-order chi connectivity index (χ1) is 12.5. The molecule has 0 atom stereocenters. The van der Waals surface area contributed by atoms with Crippen LogP contribution in [-0.4, -0.2) is 35.3 Å². The molecule has 0 bridgehead atoms. The SMILES string of the molecule is C=C/C(=C\CCCN(C)C(=O)CC)c1csc(NC(=O)c2ccco2)n1. The smallest absolute Gasteiger partial charge is 0.293 e. The molecule has 0 spiro atoms. The summed E-state index contributed by atoms with van der Waals surface area (Å²) in [6, 6.07) is 3.26. The summed E-state index contributed by atoms with van der Waals surface area (Å²) in [4.78, 5) is 29.7. The van der Waals surface area contributed by atoms with Gasteiger partial charge < -0.3 is 9.32 Å². The quantitative estimate of drug-likeness (QED) is 0.528. The molecule has 0 unspecified atom stereocenters. The van der Waals surface area contributed by atoms with Gasteiger partial charge in [0, 0.05) is 25.4 Å². The van der Waals surface area contributed by atoms with E-state index in [1.165, 1.54) is 17.6 Å². The van der Waals surface area contributed by atoms with Crippen LogP contribution in [0.15, 0.2) is 46.9 Å². The Kier molecular flexibility index (Phi) is 7.35. The number of unbranched alkanes of at least 4 members (excludes halogenated alkanes) is 1. The molecule has 0 aliphatic heterocycles. The summed E-state index contributed by atoms with van der Waals surface area (Å²) < 4.78 is 5.06. The van der Waals surface area contributed by atoms with Crippen LogP contribution in [0.2, 0.25) is 0 Å². The Labute approximate surface area is 157 Å². The maximum absolute atomic E-state index is 12.0. The van der Waals surface area contributed by atoms with E-state index >= 15 is 0 Å². The van der Waals surface area contributed by atoms with Gasteiger partial charge in [0.15, 0.2) is 10.9 Å². The summed E-state index contributed by atoms with van der Waals surface area (Å²) in [5, 5.41) is 5.09. The Bertz CT molecular complexity index is 778. The zero-order valence-electron chi connectivity index (χ0n) is 15.0. The zero-order chi connectivity index (χ0) is 18.9. The normalized spacial score (nSPS) is 11.2. The van der Waals surface area contributed by atoms with Gasteiger partial charge in [-0.15, -0.1) is 11.3 Å². The number of rotatable bonds is 9. The molecule has 0 aromatic carbocycles. The first-order valence-electron chi connectivity index (χ1n) is 8.42. The highest BCUT2D eigenvalue weighted by Gasteiger charge is 2.12. The molecule has 1 N–H and O–H groups in total. The van der Waals surface area contributed by atoms with Crippen LogP contribution in [0, 0.1) is 0 Å². The van der Waals surface area contributed by atoms with Crippen molar-refractivity contribution in [2.24, 2.45) is 0 Å². The van der Waals surface area contributed by atoms with Crippen molar-refractivity contribution >= 4 is 33.9 Å². The third kappa shape index (κ3) is 5.42. The number of carbonyl (C=O) groups is 2. The van der Waals surface area contributed by atoms with Gasteiger partial charge in [0.1, 0.15) is 0 Å². The number of amides is 2. The van der Waals surface area contributed by atoms with Crippen LogP contribution in [0.5, 0.6) is 0 Å². The van der Waals surface area contributed by atoms with E-state index in [4.69, 9.17) is 4.42 Å². The Balaban J connectivity index is 1.91. The van der Waals surface area contributed by atoms with Gasteiger partial charge in [0.2, 0.25) is 5.91 Å². The third-order valence-corrected chi connectivity index (χ3v) is 4.53. The molecule has 0 saturated carbocycles. The van der Waals surface area contributed by atoms with Gasteiger partial charge in [-0.3, -0.25) is 14.9 Å². The van der Waals surface area contributed by atoms with Crippen molar-refractivity contribution < 1.29 is 14.0 Å². The van der Waals surface area contributed by atoms with Crippen molar-refractivity contribution in [1.82, 2.24) is 9.88 Å². The van der Waals surface area contributed by atoms with Gasteiger partial charge in [-0.05, 0) is 30.5 Å². The highest BCUT2D eigenvalue weighted by molar-refractivity contribution is 7.14. The van der Waals surface area contributed by atoms with Crippen LogP contribution in [0.3, 0.4) is 0 Å². The summed E-state index contributed by atoms with van der Waals surface area (Å²) in [6.07, 6.45) is 7.44. The van der Waals surface area contributed by atoms with Crippen molar-refractivity contribution in [2.45, 2.75) is 26.2 Å². The molecule has 26 heavy (non-hydrogen) atoms. The fraction of sp³-hybridized carbons (Fsp3) is 0.316. The van der Waals surface area contributed by atoms with Gasteiger partial charge in [-0.25, -0.2) is 4.98 Å². The van der Waals surface area contributed by atoms with Crippen molar-refractivity contribution in [3.05, 3.63) is 54.0 Å². The van der Waals surface area contributed by atoms with Crippen LogP contribution in [0.25, 0.3) is 5.57 Å². The minimum Gasteiger partial charge on any atom is -0.459 e. The Morgan fingerprint density at radius 3 is 2.92 bits per heavy atom. The Morgan fingerprint density at radius 2 is 2.27 bits per heavy atom. The summed E-state index contributed by atoms with van der Waals surface area (Å²) in [5.41, 5.74) is 1.67. The second kappa shape index (κ2) is 9.72. The third-order valence-electron chi connectivity index (χ3n) is 3.78. The van der Waals surface area contributed by atoms with E-state index in [0.717, 1.165) is 30.7 Å². The standard InChI is InChI=1S/C19H23N3O3S/c1-4-14(9-6-7-11-22(3)17(23)5-2)15-13-26-19(20-15)21-18(24)16-10-8-12-25-16/h4,8-10,12-13H,1,5-7,11H2,2-3H3,(H,20,21,24)/b14-9+. The molecule has 7 heteroatoms. The average Bonchev–Trinajstić information content (AvgIpc) is 3.33. The molecule has 2 amide bonds. The predicted molar refractivity (Wildman–Crippen MR) is 104 cm³/mol. The first kappa shape index (κ1) is 19.7. The van der Waals surface area contributed by atoms with E-state index < -0.39 is 0 Å². The monoisotopic (exact) mass is 373 g/mol. The van der Waals surface area contributed by atoms with Crippen LogP contribution >= 0.6 is 11.3 Å². The number of nitrogens with zero attached hydrogens (tertiary/aromatic N) is 2. The van der Waals surface area contributed by atoms with Gasteiger partial charge in [0.25, 0.3) is 5.91 Å². The summed E-state index contributed by atoms with van der Waals surface area (Å²) >= 11 is 1.34. The number of aromatic nitrogens is 1. The first-order valence-corrected chi connectivity index (χ1v) is 9.30. The molecule has 0 saturated heterocycles. The second-order valence-electron chi connectivity index (χ2n) is 5.64. The average molecular weight is 373 g/mol. The highest BCUT2D eigenvalue weighted by atomic mass is 32.1. The Morgan fingerprint density at radius 1 is 1.46 bits per heavy atom. The predicted octanol–water partition coefficient (Wildman–Crippen LogP) is 4.21. The largest absolute Gasteiger partial charge is 0.459 e. The van der Waals surface area contributed by atoms with E-state index in [1.807, 2.05) is 25.4 Å². The fourth-order valence-corrected chi connectivity index (χ4v) is 3.02. The number of hydrogen-bond acceptors (Lipinski definition) is 5. The molecule has 0 aliphatic rings. The van der Waals surface area contributed by atoms with Crippen LogP contribution in [0.1, 0.15) is 42.4 Å². The van der Waals surface area contributed by atoms with Crippen LogP contribution in [0.4, 0.5) is 5.13 Å². The lowest BCUT2D eigenvalue weighted by Crippen LogP contribution is -2.26. The van der Waals surface area contributed by atoms with Gasteiger partial charge in [-0.1, -0.05) is 25.7 Å². The molecule has 2 aromatic rings. The fourth-order valence-electron chi connectivity index (χ4n) is 2.30. The number of furan rings is 1. The summed E-state index contributed by atoms with van der Waals surface area (Å²) in [5.74, 6) is 0.0602. The molecule has 0 radical (unpaired) electrons. The van der Waals surface area contributed by atoms with E-state index in [1.54, 1.807) is 23.1 Å². The van der Waals surface area contributed by atoms with E-state index in [9.17, 15) is 9.59 Å². The molecule has 0 fully saturated rings. The maximum atomic E-state index is 12.0. The molecule has 2 heterocycles. The second-order valence-corrected chi connectivity index (χ2v) is 6.50. The number of thiazole rings is 1. The van der Waals surface area contributed by atoms with Crippen molar-refractivity contribution in [3.8, 4) is 0 Å². The molecular weight excluding hydrogens is 350 g/mol. The van der Waals surface area contributed by atoms with Crippen molar-refractivity contribution in [3.63, 3.8) is 0 Å². The van der Waals surface area contributed by atoms with Crippen LogP contribution < -0.4 is 5.32 Å². The number of hydrogen-bond donors (Lipinski definition) is 1. The highest BCUT2D eigenvalue weighted by Crippen LogP contribution is 2.23. The molecule has 138 valence electrons.